The van der Waals surface area contributed by atoms with Crippen molar-refractivity contribution in [2.24, 2.45) is 10.8 Å². The van der Waals surface area contributed by atoms with Crippen molar-refractivity contribution in [1.29, 1.82) is 0 Å². The molecular weight excluding hydrogens is 188 g/mol. The Morgan fingerprint density at radius 3 is 1.93 bits per heavy atom. The van der Waals surface area contributed by atoms with Crippen LogP contribution in [0.3, 0.4) is 0 Å². The summed E-state index contributed by atoms with van der Waals surface area (Å²) in [5, 5.41) is 0. The molecule has 14 heavy (non-hydrogen) atoms. The van der Waals surface area contributed by atoms with E-state index in [-0.39, 0.29) is 5.60 Å². The highest BCUT2D eigenvalue weighted by atomic mass is 28.2. The summed E-state index contributed by atoms with van der Waals surface area (Å²) in [5.41, 5.74) is 0.794. The van der Waals surface area contributed by atoms with Crippen LogP contribution in [0.15, 0.2) is 0 Å². The molecule has 0 saturated heterocycles. The molecule has 84 valence electrons. The molecule has 1 aliphatic carbocycles. The van der Waals surface area contributed by atoms with Crippen molar-refractivity contribution in [3.05, 3.63) is 0 Å². The van der Waals surface area contributed by atoms with Crippen LogP contribution < -0.4 is 0 Å². The third kappa shape index (κ3) is 1.67. The molecule has 1 fully saturated rings. The maximum atomic E-state index is 5.96. The zero-order valence-electron chi connectivity index (χ0n) is 10.7. The third-order valence-electron chi connectivity index (χ3n) is 4.85. The van der Waals surface area contributed by atoms with E-state index in [2.05, 4.69) is 34.6 Å². The van der Waals surface area contributed by atoms with Gasteiger partial charge in [0.25, 0.3) is 0 Å². The molecule has 0 bridgehead atoms. The standard InChI is InChI=1S/C12H26OSi/c1-10(2,3)11(4)8-6-7-9-12(11,5)13-14/h6-9H2,1-5,14H3. The lowest BCUT2D eigenvalue weighted by molar-refractivity contribution is -0.125. The van der Waals surface area contributed by atoms with Crippen molar-refractivity contribution < 1.29 is 4.43 Å². The fraction of sp³-hybridized carbons (Fsp3) is 1.00. The summed E-state index contributed by atoms with van der Waals surface area (Å²) < 4.78 is 5.96. The molecule has 0 heterocycles. The second kappa shape index (κ2) is 3.64. The lowest BCUT2D eigenvalue weighted by Gasteiger charge is -2.56. The van der Waals surface area contributed by atoms with E-state index in [1.54, 1.807) is 0 Å². The Morgan fingerprint density at radius 1 is 1.07 bits per heavy atom. The molecule has 2 unspecified atom stereocenters. The lowest BCUT2D eigenvalue weighted by Crippen LogP contribution is -2.55. The first-order valence-corrected chi connectivity index (χ1v) is 6.64. The van der Waals surface area contributed by atoms with E-state index in [0.717, 1.165) is 10.5 Å². The molecule has 0 N–H and O–H groups in total. The van der Waals surface area contributed by atoms with Crippen molar-refractivity contribution >= 4 is 10.5 Å². The van der Waals surface area contributed by atoms with Crippen molar-refractivity contribution in [3.8, 4) is 0 Å². The maximum absolute atomic E-state index is 5.96. The third-order valence-corrected chi connectivity index (χ3v) is 5.75. The van der Waals surface area contributed by atoms with Crippen molar-refractivity contribution in [3.63, 3.8) is 0 Å². The fourth-order valence-electron chi connectivity index (χ4n) is 2.98. The summed E-state index contributed by atoms with van der Waals surface area (Å²) in [5.74, 6) is 0. The molecule has 1 aliphatic rings. The van der Waals surface area contributed by atoms with E-state index in [1.165, 1.54) is 25.7 Å². The smallest absolute Gasteiger partial charge is 0.146 e. The van der Waals surface area contributed by atoms with Gasteiger partial charge in [0, 0.05) is 0 Å². The van der Waals surface area contributed by atoms with Gasteiger partial charge in [-0.1, -0.05) is 40.5 Å². The number of rotatable bonds is 1. The SMILES string of the molecule is CC(C)(C)C1(C)CCCCC1(C)O[SiH3]. The van der Waals surface area contributed by atoms with Crippen LogP contribution in [0.4, 0.5) is 0 Å². The van der Waals surface area contributed by atoms with Gasteiger partial charge in [-0.3, -0.25) is 0 Å². The zero-order chi connectivity index (χ0) is 11.0. The normalized spacial score (nSPS) is 40.1. The molecule has 0 aromatic heterocycles. The topological polar surface area (TPSA) is 9.23 Å². The van der Waals surface area contributed by atoms with E-state index in [9.17, 15) is 0 Å². The second-order valence-corrected chi connectivity index (χ2v) is 6.63. The Labute approximate surface area is 92.2 Å². The van der Waals surface area contributed by atoms with Crippen LogP contribution in [0.2, 0.25) is 0 Å². The minimum absolute atomic E-state index is 0.121. The van der Waals surface area contributed by atoms with Crippen LogP contribution in [0, 0.1) is 10.8 Å². The van der Waals surface area contributed by atoms with Gasteiger partial charge in [-0.25, -0.2) is 0 Å². The predicted molar refractivity (Wildman–Crippen MR) is 65.5 cm³/mol. The summed E-state index contributed by atoms with van der Waals surface area (Å²) in [4.78, 5) is 0. The van der Waals surface area contributed by atoms with Crippen molar-refractivity contribution in [2.75, 3.05) is 0 Å². The monoisotopic (exact) mass is 214 g/mol. The highest BCUT2D eigenvalue weighted by Gasteiger charge is 2.52. The van der Waals surface area contributed by atoms with Crippen LogP contribution in [0.5, 0.6) is 0 Å². The summed E-state index contributed by atoms with van der Waals surface area (Å²) in [6.45, 7) is 11.8. The van der Waals surface area contributed by atoms with Gasteiger partial charge in [0.05, 0.1) is 5.60 Å². The maximum Gasteiger partial charge on any atom is 0.146 e. The van der Waals surface area contributed by atoms with Gasteiger partial charge in [-0.15, -0.1) is 0 Å². The van der Waals surface area contributed by atoms with E-state index in [0.29, 0.717) is 10.8 Å². The average molecular weight is 214 g/mol. The van der Waals surface area contributed by atoms with E-state index < -0.39 is 0 Å². The minimum Gasteiger partial charge on any atom is -0.422 e. The second-order valence-electron chi connectivity index (χ2n) is 6.22. The summed E-state index contributed by atoms with van der Waals surface area (Å²) in [7, 11) is 0.859. The number of hydrogen-bond acceptors (Lipinski definition) is 1. The molecule has 2 atom stereocenters. The molecule has 0 amide bonds. The van der Waals surface area contributed by atoms with E-state index in [4.69, 9.17) is 4.43 Å². The van der Waals surface area contributed by atoms with Gasteiger partial charge in [0.2, 0.25) is 0 Å². The molecule has 0 aliphatic heterocycles. The Bertz CT molecular complexity index is 209. The Morgan fingerprint density at radius 2 is 1.57 bits per heavy atom. The Kier molecular flexibility index (Phi) is 3.18. The molecular formula is C12H26OSi. The first-order chi connectivity index (χ1) is 6.27. The van der Waals surface area contributed by atoms with Gasteiger partial charge in [0.15, 0.2) is 0 Å². The van der Waals surface area contributed by atoms with Crippen LogP contribution in [0.25, 0.3) is 0 Å². The first kappa shape index (κ1) is 12.2. The quantitative estimate of drug-likeness (QED) is 0.610. The molecule has 0 aromatic carbocycles. The highest BCUT2D eigenvalue weighted by Crippen LogP contribution is 2.55. The van der Waals surface area contributed by atoms with Gasteiger partial charge >= 0.3 is 0 Å². The summed E-state index contributed by atoms with van der Waals surface area (Å²) >= 11 is 0. The molecule has 1 nitrogen and oxygen atoms in total. The average Bonchev–Trinajstić information content (AvgIpc) is 2.08. The molecule has 0 radical (unpaired) electrons. The molecule has 2 heteroatoms. The van der Waals surface area contributed by atoms with Crippen LogP contribution in [0.1, 0.15) is 60.3 Å². The van der Waals surface area contributed by atoms with Crippen LogP contribution in [-0.2, 0) is 4.43 Å². The molecule has 1 rings (SSSR count). The summed E-state index contributed by atoms with van der Waals surface area (Å²) in [6.07, 6.45) is 5.26. The van der Waals surface area contributed by atoms with Crippen molar-refractivity contribution in [2.45, 2.75) is 65.9 Å². The van der Waals surface area contributed by atoms with E-state index >= 15 is 0 Å². The lowest BCUT2D eigenvalue weighted by atomic mass is 9.53. The van der Waals surface area contributed by atoms with Gasteiger partial charge in [-0.2, -0.15) is 0 Å². The number of hydrogen-bond donors (Lipinski definition) is 0. The highest BCUT2D eigenvalue weighted by molar-refractivity contribution is 5.98. The predicted octanol–water partition coefficient (Wildman–Crippen LogP) is 2.67. The first-order valence-electron chi connectivity index (χ1n) is 5.82. The Balaban J connectivity index is 3.03. The molecule has 1 saturated carbocycles. The largest absolute Gasteiger partial charge is 0.422 e. The van der Waals surface area contributed by atoms with Crippen LogP contribution in [-0.4, -0.2) is 16.1 Å². The van der Waals surface area contributed by atoms with Gasteiger partial charge in [-0.05, 0) is 30.6 Å². The van der Waals surface area contributed by atoms with Crippen LogP contribution >= 0.6 is 0 Å². The van der Waals surface area contributed by atoms with Gasteiger partial charge < -0.3 is 4.43 Å². The molecule has 0 aromatic rings. The fourth-order valence-corrected chi connectivity index (χ4v) is 3.63. The van der Waals surface area contributed by atoms with Gasteiger partial charge in [0.1, 0.15) is 10.5 Å². The summed E-state index contributed by atoms with van der Waals surface area (Å²) in [6, 6.07) is 0. The molecule has 0 spiro atoms. The minimum atomic E-state index is 0.121. The Hall–Kier alpha value is 0.177. The van der Waals surface area contributed by atoms with E-state index in [1.807, 2.05) is 0 Å². The zero-order valence-corrected chi connectivity index (χ0v) is 12.7. The van der Waals surface area contributed by atoms with Crippen molar-refractivity contribution in [1.82, 2.24) is 0 Å².